The number of aromatic nitrogens is 1. The first kappa shape index (κ1) is 18.5. The van der Waals surface area contributed by atoms with Gasteiger partial charge >= 0.3 is 0 Å². The molecule has 0 saturated heterocycles. The second kappa shape index (κ2) is 7.72. The SMILES string of the molecule is N=C(c1ccc(CNC2CCC2)cc1)N1C(=N)c2ccccc2Nc2ncccc21. The predicted molar refractivity (Wildman–Crippen MR) is 121 cm³/mol. The van der Waals surface area contributed by atoms with E-state index in [1.54, 1.807) is 11.1 Å². The highest BCUT2D eigenvalue weighted by Gasteiger charge is 2.28. The minimum atomic E-state index is 0.255. The van der Waals surface area contributed by atoms with E-state index in [1.807, 2.05) is 48.5 Å². The maximum atomic E-state index is 8.92. The zero-order chi connectivity index (χ0) is 20.5. The van der Waals surface area contributed by atoms with Crippen LogP contribution in [0.5, 0.6) is 0 Å². The zero-order valence-corrected chi connectivity index (χ0v) is 16.7. The molecule has 0 amide bonds. The average molecular weight is 396 g/mol. The van der Waals surface area contributed by atoms with Gasteiger partial charge in [-0.05, 0) is 42.7 Å². The van der Waals surface area contributed by atoms with Crippen molar-refractivity contribution in [1.82, 2.24) is 10.3 Å². The Morgan fingerprint density at radius 1 is 1.07 bits per heavy atom. The second-order valence-corrected chi connectivity index (χ2v) is 7.78. The van der Waals surface area contributed by atoms with Crippen LogP contribution in [-0.2, 0) is 6.54 Å². The summed E-state index contributed by atoms with van der Waals surface area (Å²) in [5.74, 6) is 1.15. The highest BCUT2D eigenvalue weighted by atomic mass is 15.2. The molecule has 1 aliphatic carbocycles. The second-order valence-electron chi connectivity index (χ2n) is 7.78. The van der Waals surface area contributed by atoms with E-state index in [2.05, 4.69) is 27.8 Å². The summed E-state index contributed by atoms with van der Waals surface area (Å²) in [5, 5.41) is 24.7. The molecule has 2 heterocycles. The first-order valence-electron chi connectivity index (χ1n) is 10.3. The van der Waals surface area contributed by atoms with Crippen molar-refractivity contribution >= 4 is 28.9 Å². The van der Waals surface area contributed by atoms with Crippen molar-refractivity contribution < 1.29 is 0 Å². The van der Waals surface area contributed by atoms with Crippen LogP contribution in [0.2, 0.25) is 0 Å². The van der Waals surface area contributed by atoms with Crippen molar-refractivity contribution in [3.63, 3.8) is 0 Å². The maximum Gasteiger partial charge on any atom is 0.154 e. The first-order valence-corrected chi connectivity index (χ1v) is 10.3. The minimum Gasteiger partial charge on any atom is -0.338 e. The Labute approximate surface area is 176 Å². The van der Waals surface area contributed by atoms with Gasteiger partial charge in [-0.1, -0.05) is 42.8 Å². The van der Waals surface area contributed by atoms with Crippen molar-refractivity contribution in [3.05, 3.63) is 83.6 Å². The molecule has 6 nitrogen and oxygen atoms in total. The van der Waals surface area contributed by atoms with E-state index in [-0.39, 0.29) is 11.7 Å². The van der Waals surface area contributed by atoms with Gasteiger partial charge < -0.3 is 10.6 Å². The number of pyridine rings is 1. The fourth-order valence-electron chi connectivity index (χ4n) is 3.86. The number of nitrogens with zero attached hydrogens (tertiary/aromatic N) is 2. The molecule has 2 aliphatic rings. The number of benzene rings is 2. The van der Waals surface area contributed by atoms with Gasteiger partial charge in [0.15, 0.2) is 5.82 Å². The topological polar surface area (TPSA) is 87.9 Å². The van der Waals surface area contributed by atoms with E-state index in [0.29, 0.717) is 17.5 Å². The Bertz CT molecular complexity index is 1100. The molecule has 6 heteroatoms. The summed E-state index contributed by atoms with van der Waals surface area (Å²) in [6.07, 6.45) is 5.57. The molecule has 3 aromatic rings. The molecule has 0 radical (unpaired) electrons. The van der Waals surface area contributed by atoms with Gasteiger partial charge in [-0.3, -0.25) is 15.7 Å². The van der Waals surface area contributed by atoms with Crippen molar-refractivity contribution in [3.8, 4) is 0 Å². The molecule has 1 saturated carbocycles. The van der Waals surface area contributed by atoms with Crippen LogP contribution in [0.1, 0.15) is 36.0 Å². The van der Waals surface area contributed by atoms with Crippen LogP contribution in [0.25, 0.3) is 0 Å². The van der Waals surface area contributed by atoms with Crippen LogP contribution in [0.3, 0.4) is 0 Å². The molecule has 0 bridgehead atoms. The standard InChI is InChI=1S/C24H24N6/c25-22(17-12-10-16(11-13-17)15-28-18-5-3-6-18)30-21-9-4-14-27-24(21)29-20-8-2-1-7-19(20)23(30)26/h1-2,4,7-14,18,25-26,28H,3,5-6,15H2,(H,27,29). The molecule has 1 fully saturated rings. The molecular weight excluding hydrogens is 372 g/mol. The van der Waals surface area contributed by atoms with Gasteiger partial charge in [0.1, 0.15) is 11.7 Å². The van der Waals surface area contributed by atoms with Gasteiger partial charge in [-0.15, -0.1) is 0 Å². The Balaban J connectivity index is 1.45. The van der Waals surface area contributed by atoms with E-state index in [0.717, 1.165) is 23.4 Å². The first-order chi connectivity index (χ1) is 14.7. The lowest BCUT2D eigenvalue weighted by molar-refractivity contribution is 0.338. The molecule has 0 spiro atoms. The molecule has 1 aliphatic heterocycles. The molecule has 0 atom stereocenters. The summed E-state index contributed by atoms with van der Waals surface area (Å²) in [6, 6.07) is 20.1. The quantitative estimate of drug-likeness (QED) is 0.382. The fourth-order valence-corrected chi connectivity index (χ4v) is 3.86. The molecule has 0 unspecified atom stereocenters. The lowest BCUT2D eigenvalue weighted by Gasteiger charge is -2.27. The largest absolute Gasteiger partial charge is 0.338 e. The van der Waals surface area contributed by atoms with Gasteiger partial charge in [0.25, 0.3) is 0 Å². The molecule has 2 aromatic carbocycles. The third-order valence-electron chi connectivity index (χ3n) is 5.84. The van der Waals surface area contributed by atoms with Gasteiger partial charge in [0.05, 0.1) is 11.4 Å². The van der Waals surface area contributed by atoms with Crippen LogP contribution in [-0.4, -0.2) is 22.7 Å². The smallest absolute Gasteiger partial charge is 0.154 e. The Kier molecular flexibility index (Phi) is 4.77. The van der Waals surface area contributed by atoms with Crippen LogP contribution >= 0.6 is 0 Å². The molecule has 5 rings (SSSR count). The van der Waals surface area contributed by atoms with E-state index in [4.69, 9.17) is 10.8 Å². The molecule has 1 aromatic heterocycles. The summed E-state index contributed by atoms with van der Waals surface area (Å²) < 4.78 is 0. The lowest BCUT2D eigenvalue weighted by Crippen LogP contribution is -2.37. The summed E-state index contributed by atoms with van der Waals surface area (Å²) >= 11 is 0. The lowest BCUT2D eigenvalue weighted by atomic mass is 9.93. The average Bonchev–Trinajstić information content (AvgIpc) is 2.86. The predicted octanol–water partition coefficient (Wildman–Crippen LogP) is 4.64. The minimum absolute atomic E-state index is 0.255. The van der Waals surface area contributed by atoms with Crippen molar-refractivity contribution in [1.29, 1.82) is 10.8 Å². The molecule has 30 heavy (non-hydrogen) atoms. The normalized spacial score (nSPS) is 15.5. The number of fused-ring (bicyclic) bond motifs is 2. The number of rotatable bonds is 4. The number of nitrogens with one attached hydrogen (secondary N) is 4. The van der Waals surface area contributed by atoms with Crippen LogP contribution in [0, 0.1) is 10.8 Å². The summed E-state index contributed by atoms with van der Waals surface area (Å²) in [7, 11) is 0. The van der Waals surface area contributed by atoms with Crippen molar-refractivity contribution in [2.24, 2.45) is 0 Å². The zero-order valence-electron chi connectivity index (χ0n) is 16.7. The van der Waals surface area contributed by atoms with E-state index in [1.165, 1.54) is 24.8 Å². The van der Waals surface area contributed by atoms with Crippen LogP contribution < -0.4 is 15.5 Å². The van der Waals surface area contributed by atoms with Crippen molar-refractivity contribution in [2.45, 2.75) is 31.8 Å². The molecule has 4 N–H and O–H groups in total. The van der Waals surface area contributed by atoms with Crippen LogP contribution in [0.4, 0.5) is 17.2 Å². The number of anilines is 3. The van der Waals surface area contributed by atoms with Gasteiger partial charge in [0.2, 0.25) is 0 Å². The fraction of sp³-hybridized carbons (Fsp3) is 0.208. The maximum absolute atomic E-state index is 8.92. The Hall–Kier alpha value is -3.51. The van der Waals surface area contributed by atoms with Gasteiger partial charge in [-0.2, -0.15) is 0 Å². The van der Waals surface area contributed by atoms with E-state index < -0.39 is 0 Å². The number of hydrogen-bond donors (Lipinski definition) is 4. The summed E-state index contributed by atoms with van der Waals surface area (Å²) in [6.45, 7) is 0.849. The summed E-state index contributed by atoms with van der Waals surface area (Å²) in [4.78, 5) is 6.11. The van der Waals surface area contributed by atoms with E-state index >= 15 is 0 Å². The summed E-state index contributed by atoms with van der Waals surface area (Å²) in [5.41, 5.74) is 4.22. The third-order valence-corrected chi connectivity index (χ3v) is 5.84. The Morgan fingerprint density at radius 2 is 1.87 bits per heavy atom. The van der Waals surface area contributed by atoms with Gasteiger partial charge in [-0.25, -0.2) is 4.98 Å². The molecular formula is C24H24N6. The van der Waals surface area contributed by atoms with Gasteiger partial charge in [0, 0.05) is 29.9 Å². The molecule has 150 valence electrons. The number of hydrogen-bond acceptors (Lipinski definition) is 5. The highest BCUT2D eigenvalue weighted by molar-refractivity contribution is 6.30. The number of para-hydroxylation sites is 1. The van der Waals surface area contributed by atoms with Crippen LogP contribution in [0.15, 0.2) is 66.9 Å². The van der Waals surface area contributed by atoms with Crippen molar-refractivity contribution in [2.75, 3.05) is 10.2 Å². The van der Waals surface area contributed by atoms with E-state index in [9.17, 15) is 0 Å². The highest BCUT2D eigenvalue weighted by Crippen LogP contribution is 2.34. The third kappa shape index (κ3) is 3.35. The monoisotopic (exact) mass is 396 g/mol. The number of amidine groups is 2. The Morgan fingerprint density at radius 3 is 2.63 bits per heavy atom.